The molecule has 1 aliphatic rings. The van der Waals surface area contributed by atoms with E-state index < -0.39 is 0 Å². The van der Waals surface area contributed by atoms with E-state index in [4.69, 9.17) is 0 Å². The molecule has 0 radical (unpaired) electrons. The molecule has 104 valence electrons. The van der Waals surface area contributed by atoms with Gasteiger partial charge in [0.15, 0.2) is 0 Å². The van der Waals surface area contributed by atoms with E-state index in [-0.39, 0.29) is 5.91 Å². The Morgan fingerprint density at radius 1 is 1.40 bits per heavy atom. The molecule has 0 aliphatic carbocycles. The standard InChI is InChI=1S/C15H18N4O/c1-18-8-3-5-14(18)15(20)19-9-2-4-12(11-19)13-10-16-6-7-17-13/h3,5-8,10,12H,2,4,9,11H2,1H3/t12-/m0/s1. The van der Waals surface area contributed by atoms with E-state index >= 15 is 0 Å². The summed E-state index contributed by atoms with van der Waals surface area (Å²) in [5.74, 6) is 0.396. The number of amides is 1. The summed E-state index contributed by atoms with van der Waals surface area (Å²) in [7, 11) is 1.90. The predicted molar refractivity (Wildman–Crippen MR) is 75.3 cm³/mol. The average Bonchev–Trinajstić information content (AvgIpc) is 2.94. The van der Waals surface area contributed by atoms with Crippen LogP contribution >= 0.6 is 0 Å². The van der Waals surface area contributed by atoms with Crippen molar-refractivity contribution in [2.24, 2.45) is 7.05 Å². The maximum atomic E-state index is 12.5. The molecule has 0 spiro atoms. The second-order valence-electron chi connectivity index (χ2n) is 5.22. The van der Waals surface area contributed by atoms with Gasteiger partial charge in [0.2, 0.25) is 0 Å². The molecule has 0 saturated carbocycles. The number of rotatable bonds is 2. The summed E-state index contributed by atoms with van der Waals surface area (Å²) in [6.45, 7) is 1.55. The fourth-order valence-electron chi connectivity index (χ4n) is 2.77. The van der Waals surface area contributed by atoms with Gasteiger partial charge in [-0.1, -0.05) is 0 Å². The van der Waals surface area contributed by atoms with Gasteiger partial charge in [0.05, 0.1) is 5.69 Å². The van der Waals surface area contributed by atoms with Crippen molar-refractivity contribution in [3.8, 4) is 0 Å². The summed E-state index contributed by atoms with van der Waals surface area (Å²) in [4.78, 5) is 23.0. The first-order chi connectivity index (χ1) is 9.75. The summed E-state index contributed by atoms with van der Waals surface area (Å²) >= 11 is 0. The Labute approximate surface area is 118 Å². The number of aryl methyl sites for hydroxylation is 1. The van der Waals surface area contributed by atoms with Crippen LogP contribution in [0.3, 0.4) is 0 Å². The highest BCUT2D eigenvalue weighted by molar-refractivity contribution is 5.92. The van der Waals surface area contributed by atoms with Gasteiger partial charge in [-0.25, -0.2) is 0 Å². The van der Waals surface area contributed by atoms with Crippen molar-refractivity contribution < 1.29 is 4.79 Å². The number of carbonyl (C=O) groups excluding carboxylic acids is 1. The Morgan fingerprint density at radius 2 is 2.30 bits per heavy atom. The zero-order valence-corrected chi connectivity index (χ0v) is 11.6. The summed E-state index contributed by atoms with van der Waals surface area (Å²) < 4.78 is 1.87. The first-order valence-corrected chi connectivity index (χ1v) is 6.92. The molecular weight excluding hydrogens is 252 g/mol. The molecule has 0 unspecified atom stereocenters. The van der Waals surface area contributed by atoms with Gasteiger partial charge < -0.3 is 9.47 Å². The minimum Gasteiger partial charge on any atom is -0.347 e. The maximum Gasteiger partial charge on any atom is 0.270 e. The molecule has 1 saturated heterocycles. The van der Waals surface area contributed by atoms with Crippen molar-refractivity contribution in [2.45, 2.75) is 18.8 Å². The van der Waals surface area contributed by atoms with Crippen molar-refractivity contribution >= 4 is 5.91 Å². The Balaban J connectivity index is 1.76. The molecule has 5 nitrogen and oxygen atoms in total. The van der Waals surface area contributed by atoms with Gasteiger partial charge in [-0.15, -0.1) is 0 Å². The van der Waals surface area contributed by atoms with Gasteiger partial charge in [-0.3, -0.25) is 14.8 Å². The molecule has 0 N–H and O–H groups in total. The van der Waals surface area contributed by atoms with Gasteiger partial charge in [0, 0.05) is 50.8 Å². The fraction of sp³-hybridized carbons (Fsp3) is 0.400. The Bertz CT molecular complexity index is 593. The van der Waals surface area contributed by atoms with Crippen LogP contribution in [0, 0.1) is 0 Å². The van der Waals surface area contributed by atoms with E-state index in [2.05, 4.69) is 9.97 Å². The molecule has 1 atom stereocenters. The number of aromatic nitrogens is 3. The molecule has 3 rings (SSSR count). The Kier molecular flexibility index (Phi) is 3.50. The minimum absolute atomic E-state index is 0.103. The zero-order valence-electron chi connectivity index (χ0n) is 11.6. The van der Waals surface area contributed by atoms with E-state index in [0.717, 1.165) is 37.3 Å². The van der Waals surface area contributed by atoms with Crippen molar-refractivity contribution in [2.75, 3.05) is 13.1 Å². The van der Waals surface area contributed by atoms with Crippen LogP contribution in [-0.4, -0.2) is 38.4 Å². The van der Waals surface area contributed by atoms with Crippen LogP contribution in [-0.2, 0) is 7.05 Å². The fourth-order valence-corrected chi connectivity index (χ4v) is 2.77. The molecule has 1 aliphatic heterocycles. The number of carbonyl (C=O) groups is 1. The largest absolute Gasteiger partial charge is 0.347 e. The lowest BCUT2D eigenvalue weighted by atomic mass is 9.95. The lowest BCUT2D eigenvalue weighted by Crippen LogP contribution is -2.40. The number of nitrogens with zero attached hydrogens (tertiary/aromatic N) is 4. The lowest BCUT2D eigenvalue weighted by Gasteiger charge is -2.32. The van der Waals surface area contributed by atoms with Gasteiger partial charge >= 0.3 is 0 Å². The number of hydrogen-bond donors (Lipinski definition) is 0. The molecule has 2 aromatic rings. The van der Waals surface area contributed by atoms with Crippen LogP contribution < -0.4 is 0 Å². The van der Waals surface area contributed by atoms with Gasteiger partial charge in [0.1, 0.15) is 5.69 Å². The van der Waals surface area contributed by atoms with Crippen LogP contribution in [0.1, 0.15) is 34.9 Å². The monoisotopic (exact) mass is 270 g/mol. The highest BCUT2D eigenvalue weighted by Crippen LogP contribution is 2.25. The van der Waals surface area contributed by atoms with E-state index in [1.54, 1.807) is 18.6 Å². The molecule has 3 heterocycles. The molecule has 5 heteroatoms. The van der Waals surface area contributed by atoms with Gasteiger partial charge in [-0.2, -0.15) is 0 Å². The van der Waals surface area contributed by atoms with Crippen molar-refractivity contribution in [1.29, 1.82) is 0 Å². The van der Waals surface area contributed by atoms with E-state index in [1.165, 1.54) is 0 Å². The van der Waals surface area contributed by atoms with Crippen LogP contribution in [0.5, 0.6) is 0 Å². The molecular formula is C15H18N4O. The number of hydrogen-bond acceptors (Lipinski definition) is 3. The third kappa shape index (κ3) is 2.43. The van der Waals surface area contributed by atoms with Crippen molar-refractivity contribution in [3.63, 3.8) is 0 Å². The third-order valence-corrected chi connectivity index (χ3v) is 3.87. The average molecular weight is 270 g/mol. The maximum absolute atomic E-state index is 12.5. The molecule has 0 aromatic carbocycles. The molecule has 20 heavy (non-hydrogen) atoms. The summed E-state index contributed by atoms with van der Waals surface area (Å²) in [5.41, 5.74) is 1.72. The normalized spacial score (nSPS) is 19.1. The molecule has 2 aromatic heterocycles. The first kappa shape index (κ1) is 12.8. The summed E-state index contributed by atoms with van der Waals surface area (Å²) in [6.07, 6.45) is 9.18. The smallest absolute Gasteiger partial charge is 0.270 e. The van der Waals surface area contributed by atoms with Crippen molar-refractivity contribution in [1.82, 2.24) is 19.4 Å². The van der Waals surface area contributed by atoms with Gasteiger partial charge in [0.25, 0.3) is 5.91 Å². The SMILES string of the molecule is Cn1cccc1C(=O)N1CCC[C@H](c2cnccn2)C1. The lowest BCUT2D eigenvalue weighted by molar-refractivity contribution is 0.0696. The first-order valence-electron chi connectivity index (χ1n) is 6.92. The van der Waals surface area contributed by atoms with Crippen LogP contribution in [0.4, 0.5) is 0 Å². The van der Waals surface area contributed by atoms with E-state index in [1.807, 2.05) is 34.8 Å². The van der Waals surface area contributed by atoms with E-state index in [9.17, 15) is 4.79 Å². The van der Waals surface area contributed by atoms with Crippen LogP contribution in [0.15, 0.2) is 36.9 Å². The molecule has 0 bridgehead atoms. The third-order valence-electron chi connectivity index (χ3n) is 3.87. The Morgan fingerprint density at radius 3 is 3.00 bits per heavy atom. The predicted octanol–water partition coefficient (Wildman–Crippen LogP) is 1.83. The summed E-state index contributed by atoms with van der Waals surface area (Å²) in [5, 5.41) is 0. The van der Waals surface area contributed by atoms with Crippen molar-refractivity contribution in [3.05, 3.63) is 48.3 Å². The highest BCUT2D eigenvalue weighted by atomic mass is 16.2. The minimum atomic E-state index is 0.103. The van der Waals surface area contributed by atoms with Gasteiger partial charge in [-0.05, 0) is 25.0 Å². The topological polar surface area (TPSA) is 51.0 Å². The Hall–Kier alpha value is -2.17. The highest BCUT2D eigenvalue weighted by Gasteiger charge is 2.27. The quantitative estimate of drug-likeness (QED) is 0.836. The molecule has 1 fully saturated rings. The van der Waals surface area contributed by atoms with E-state index in [0.29, 0.717) is 5.92 Å². The number of piperidine rings is 1. The van der Waals surface area contributed by atoms with Crippen LogP contribution in [0.25, 0.3) is 0 Å². The van der Waals surface area contributed by atoms with Crippen LogP contribution in [0.2, 0.25) is 0 Å². The summed E-state index contributed by atoms with van der Waals surface area (Å²) in [6, 6.07) is 3.77. The number of likely N-dealkylation sites (tertiary alicyclic amines) is 1. The second kappa shape index (κ2) is 5.45. The second-order valence-corrected chi connectivity index (χ2v) is 5.22. The zero-order chi connectivity index (χ0) is 13.9. The molecule has 1 amide bonds.